The molecular weight excluding hydrogens is 238 g/mol. The van der Waals surface area contributed by atoms with Crippen molar-refractivity contribution in [3.05, 3.63) is 35.4 Å². The second-order valence-electron chi connectivity index (χ2n) is 5.78. The van der Waals surface area contributed by atoms with Crippen molar-refractivity contribution in [2.75, 3.05) is 0 Å². The Balaban J connectivity index is 2.63. The summed E-state index contributed by atoms with van der Waals surface area (Å²) in [7, 11) is 0. The van der Waals surface area contributed by atoms with Gasteiger partial charge in [0.2, 0.25) is 0 Å². The molecule has 1 aromatic rings. The van der Waals surface area contributed by atoms with Gasteiger partial charge < -0.3 is 15.9 Å². The van der Waals surface area contributed by atoms with Gasteiger partial charge in [-0.25, -0.2) is 0 Å². The van der Waals surface area contributed by atoms with E-state index < -0.39 is 17.2 Å². The molecule has 0 radical (unpaired) electrons. The van der Waals surface area contributed by atoms with Crippen molar-refractivity contribution < 1.29 is 10.2 Å². The number of benzene rings is 1. The van der Waals surface area contributed by atoms with E-state index >= 15 is 0 Å². The zero-order chi connectivity index (χ0) is 14.1. The first-order chi connectivity index (χ1) is 8.99. The van der Waals surface area contributed by atoms with E-state index in [0.717, 1.165) is 36.8 Å². The van der Waals surface area contributed by atoms with Gasteiger partial charge in [-0.15, -0.1) is 0 Å². The van der Waals surface area contributed by atoms with Crippen molar-refractivity contribution in [2.24, 2.45) is 5.73 Å². The summed E-state index contributed by atoms with van der Waals surface area (Å²) in [6, 6.07) is 8.07. The third-order valence-electron chi connectivity index (χ3n) is 4.57. The maximum absolute atomic E-state index is 10.8. The molecule has 19 heavy (non-hydrogen) atoms. The summed E-state index contributed by atoms with van der Waals surface area (Å²) in [5, 5.41) is 21.1. The maximum Gasteiger partial charge on any atom is 0.149 e. The number of aliphatic hydroxyl groups excluding tert-OH is 1. The molecule has 1 aromatic carbocycles. The van der Waals surface area contributed by atoms with Gasteiger partial charge in [-0.1, -0.05) is 51.0 Å². The van der Waals surface area contributed by atoms with Gasteiger partial charge in [0.25, 0.3) is 0 Å². The lowest BCUT2D eigenvalue weighted by Gasteiger charge is -2.52. The third-order valence-corrected chi connectivity index (χ3v) is 4.57. The van der Waals surface area contributed by atoms with Gasteiger partial charge in [-0.05, 0) is 24.0 Å². The summed E-state index contributed by atoms with van der Waals surface area (Å²) in [6.07, 6.45) is 2.98. The topological polar surface area (TPSA) is 66.5 Å². The van der Waals surface area contributed by atoms with Gasteiger partial charge in [-0.3, -0.25) is 0 Å². The number of rotatable bonds is 4. The van der Waals surface area contributed by atoms with Crippen LogP contribution in [-0.4, -0.2) is 22.0 Å². The molecule has 0 aromatic heterocycles. The average Bonchev–Trinajstić information content (AvgIpc) is 2.37. The summed E-state index contributed by atoms with van der Waals surface area (Å²) in [5.74, 6) is 0. The molecule has 1 aliphatic rings. The van der Waals surface area contributed by atoms with Crippen molar-refractivity contribution in [1.29, 1.82) is 0 Å². The number of fused-ring (bicyclic) bond motifs is 1. The highest BCUT2D eigenvalue weighted by Gasteiger charge is 2.55. The fourth-order valence-electron chi connectivity index (χ4n) is 3.71. The Kier molecular flexibility index (Phi) is 4.00. The summed E-state index contributed by atoms with van der Waals surface area (Å²) >= 11 is 0. The van der Waals surface area contributed by atoms with Gasteiger partial charge in [0.05, 0.1) is 0 Å². The maximum atomic E-state index is 10.8. The van der Waals surface area contributed by atoms with E-state index in [2.05, 4.69) is 19.9 Å². The molecule has 0 fully saturated rings. The zero-order valence-electron chi connectivity index (χ0n) is 11.9. The van der Waals surface area contributed by atoms with Crippen LogP contribution in [0.4, 0.5) is 0 Å². The molecule has 2 atom stereocenters. The summed E-state index contributed by atoms with van der Waals surface area (Å²) in [5.41, 5.74) is 6.34. The molecule has 0 aliphatic heterocycles. The Bertz CT molecular complexity index is 436. The molecule has 0 heterocycles. The molecule has 0 amide bonds. The van der Waals surface area contributed by atoms with Crippen LogP contribution in [-0.2, 0) is 11.8 Å². The zero-order valence-corrected chi connectivity index (χ0v) is 11.9. The number of hydrogen-bond donors (Lipinski definition) is 3. The van der Waals surface area contributed by atoms with Gasteiger partial charge >= 0.3 is 0 Å². The lowest BCUT2D eigenvalue weighted by Crippen LogP contribution is -2.68. The smallest absolute Gasteiger partial charge is 0.149 e. The molecule has 2 unspecified atom stereocenters. The number of nitrogens with two attached hydrogens (primary N) is 1. The van der Waals surface area contributed by atoms with Crippen LogP contribution in [0.2, 0.25) is 0 Å². The minimum absolute atomic E-state index is 0.429. The van der Waals surface area contributed by atoms with Crippen molar-refractivity contribution >= 4 is 0 Å². The lowest BCUT2D eigenvalue weighted by molar-refractivity contribution is -0.138. The second kappa shape index (κ2) is 5.23. The van der Waals surface area contributed by atoms with Crippen LogP contribution in [0.3, 0.4) is 0 Å². The van der Waals surface area contributed by atoms with Crippen LogP contribution < -0.4 is 5.73 Å². The predicted octanol–water partition coefficient (Wildman–Crippen LogP) is 2.09. The highest BCUT2D eigenvalue weighted by molar-refractivity contribution is 5.41. The molecule has 0 spiro atoms. The Morgan fingerprint density at radius 1 is 1.21 bits per heavy atom. The van der Waals surface area contributed by atoms with E-state index in [9.17, 15) is 10.2 Å². The van der Waals surface area contributed by atoms with Gasteiger partial charge in [-0.2, -0.15) is 0 Å². The van der Waals surface area contributed by atoms with E-state index in [4.69, 9.17) is 5.73 Å². The summed E-state index contributed by atoms with van der Waals surface area (Å²) < 4.78 is 0. The quantitative estimate of drug-likeness (QED) is 0.729. The molecule has 3 heteroatoms. The van der Waals surface area contributed by atoms with Crippen LogP contribution in [0, 0.1) is 0 Å². The lowest BCUT2D eigenvalue weighted by atomic mass is 9.59. The number of aliphatic hydroxyl groups is 2. The molecule has 2 rings (SSSR count). The monoisotopic (exact) mass is 263 g/mol. The molecule has 4 N–H and O–H groups in total. The highest BCUT2D eigenvalue weighted by atomic mass is 16.4. The predicted molar refractivity (Wildman–Crippen MR) is 76.8 cm³/mol. The fourth-order valence-corrected chi connectivity index (χ4v) is 3.71. The van der Waals surface area contributed by atoms with E-state index in [0.29, 0.717) is 6.42 Å². The van der Waals surface area contributed by atoms with Crippen molar-refractivity contribution in [2.45, 2.75) is 63.2 Å². The summed E-state index contributed by atoms with van der Waals surface area (Å²) in [4.78, 5) is 0. The Morgan fingerprint density at radius 2 is 1.79 bits per heavy atom. The first-order valence-corrected chi connectivity index (χ1v) is 7.27. The third kappa shape index (κ3) is 2.10. The minimum atomic E-state index is -1.55. The Morgan fingerprint density at radius 3 is 2.37 bits per heavy atom. The van der Waals surface area contributed by atoms with E-state index in [1.54, 1.807) is 0 Å². The van der Waals surface area contributed by atoms with Gasteiger partial charge in [0, 0.05) is 11.8 Å². The van der Waals surface area contributed by atoms with Crippen molar-refractivity contribution in [3.8, 4) is 0 Å². The van der Waals surface area contributed by atoms with Crippen LogP contribution in [0.5, 0.6) is 0 Å². The Hall–Kier alpha value is -0.900. The molecule has 106 valence electrons. The molecule has 0 saturated heterocycles. The fraction of sp³-hybridized carbons (Fsp3) is 0.625. The van der Waals surface area contributed by atoms with Crippen molar-refractivity contribution in [3.63, 3.8) is 0 Å². The van der Waals surface area contributed by atoms with E-state index in [-0.39, 0.29) is 0 Å². The average molecular weight is 263 g/mol. The number of hydrogen-bond acceptors (Lipinski definition) is 3. The molecule has 0 bridgehead atoms. The molecule has 3 nitrogen and oxygen atoms in total. The van der Waals surface area contributed by atoms with Crippen molar-refractivity contribution in [1.82, 2.24) is 0 Å². The van der Waals surface area contributed by atoms with Crippen LogP contribution in [0.25, 0.3) is 0 Å². The highest BCUT2D eigenvalue weighted by Crippen LogP contribution is 2.48. The first kappa shape index (κ1) is 14.5. The largest absolute Gasteiger partial charge is 0.388 e. The first-order valence-electron chi connectivity index (χ1n) is 7.27. The van der Waals surface area contributed by atoms with Gasteiger partial charge in [0.15, 0.2) is 0 Å². The Labute approximate surface area is 115 Å². The van der Waals surface area contributed by atoms with Gasteiger partial charge in [0.1, 0.15) is 11.8 Å². The minimum Gasteiger partial charge on any atom is -0.388 e. The van der Waals surface area contributed by atoms with Crippen LogP contribution in [0.15, 0.2) is 24.3 Å². The summed E-state index contributed by atoms with van der Waals surface area (Å²) in [6.45, 7) is 4.19. The van der Waals surface area contributed by atoms with E-state index in [1.807, 2.05) is 18.2 Å². The van der Waals surface area contributed by atoms with E-state index in [1.165, 1.54) is 0 Å². The normalized spacial score (nSPS) is 29.0. The standard InChI is InChI=1S/C16H25NO2/c1-3-9-15(10-4-2)13-8-6-5-7-12(13)11-14(18)16(15,17)19/h5-8,14,18-19H,3-4,9-11,17H2,1-2H3. The SMILES string of the molecule is CCCC1(CCC)c2ccccc2CC(O)C1(N)O. The van der Waals surface area contributed by atoms with Crippen LogP contribution in [0.1, 0.15) is 50.7 Å². The molecule has 1 aliphatic carbocycles. The molecular formula is C16H25NO2. The second-order valence-corrected chi connectivity index (χ2v) is 5.78. The molecule has 0 saturated carbocycles. The van der Waals surface area contributed by atoms with Crippen LogP contribution >= 0.6 is 0 Å².